The van der Waals surface area contributed by atoms with Gasteiger partial charge in [-0.05, 0) is 31.4 Å². The molecule has 1 aliphatic rings. The summed E-state index contributed by atoms with van der Waals surface area (Å²) in [5, 5.41) is 3.63. The average Bonchev–Trinajstić information content (AvgIpc) is 2.44. The lowest BCUT2D eigenvalue weighted by Gasteiger charge is -2.39. The van der Waals surface area contributed by atoms with Gasteiger partial charge < -0.3 is 5.32 Å². The molecule has 0 bridgehead atoms. The third-order valence-electron chi connectivity index (χ3n) is 4.27. The van der Waals surface area contributed by atoms with Crippen molar-refractivity contribution < 1.29 is 0 Å². The van der Waals surface area contributed by atoms with Crippen LogP contribution in [-0.2, 0) is 0 Å². The van der Waals surface area contributed by atoms with Crippen LogP contribution in [0.25, 0.3) is 0 Å². The molecule has 20 heavy (non-hydrogen) atoms. The quantitative estimate of drug-likeness (QED) is 0.793. The maximum Gasteiger partial charge on any atom is 0.0473 e. The fraction of sp³-hybridized carbons (Fsp3) is 0.667. The van der Waals surface area contributed by atoms with Crippen molar-refractivity contribution >= 4 is 0 Å². The Morgan fingerprint density at radius 2 is 1.95 bits per heavy atom. The second-order valence-corrected chi connectivity index (χ2v) is 6.62. The standard InChI is InChI=1S/C18H30N2/c1-15(2)9-7-8-12-20-14-16(3)19-13-18(20)17-10-5-4-6-11-17/h4-6,10-11,15-16,18-19H,7-9,12-14H2,1-3H3. The molecular formula is C18H30N2. The smallest absolute Gasteiger partial charge is 0.0473 e. The molecule has 1 aromatic carbocycles. The Morgan fingerprint density at radius 1 is 1.20 bits per heavy atom. The van der Waals surface area contributed by atoms with Gasteiger partial charge in [-0.25, -0.2) is 0 Å². The lowest BCUT2D eigenvalue weighted by Crippen LogP contribution is -2.51. The van der Waals surface area contributed by atoms with Crippen molar-refractivity contribution in [1.29, 1.82) is 0 Å². The molecule has 0 aliphatic carbocycles. The van der Waals surface area contributed by atoms with E-state index >= 15 is 0 Å². The van der Waals surface area contributed by atoms with Crippen molar-refractivity contribution in [2.45, 2.75) is 52.1 Å². The summed E-state index contributed by atoms with van der Waals surface area (Å²) in [4.78, 5) is 2.68. The van der Waals surface area contributed by atoms with Gasteiger partial charge in [0.05, 0.1) is 0 Å². The summed E-state index contributed by atoms with van der Waals surface area (Å²) in [6.45, 7) is 10.4. The van der Waals surface area contributed by atoms with E-state index in [0.29, 0.717) is 12.1 Å². The van der Waals surface area contributed by atoms with Crippen molar-refractivity contribution in [1.82, 2.24) is 10.2 Å². The Balaban J connectivity index is 1.91. The largest absolute Gasteiger partial charge is 0.311 e. The van der Waals surface area contributed by atoms with Gasteiger partial charge in [0, 0.05) is 25.2 Å². The molecule has 2 nitrogen and oxygen atoms in total. The van der Waals surface area contributed by atoms with Crippen molar-refractivity contribution in [3.63, 3.8) is 0 Å². The first-order valence-corrected chi connectivity index (χ1v) is 8.19. The second-order valence-electron chi connectivity index (χ2n) is 6.62. The first kappa shape index (κ1) is 15.5. The molecule has 2 heteroatoms. The summed E-state index contributed by atoms with van der Waals surface area (Å²) in [6.07, 6.45) is 4.05. The van der Waals surface area contributed by atoms with Gasteiger partial charge >= 0.3 is 0 Å². The normalized spacial score (nSPS) is 24.2. The van der Waals surface area contributed by atoms with Crippen molar-refractivity contribution in [2.75, 3.05) is 19.6 Å². The molecule has 2 unspecified atom stereocenters. The van der Waals surface area contributed by atoms with Crippen LogP contribution < -0.4 is 5.32 Å². The zero-order chi connectivity index (χ0) is 14.4. The summed E-state index contributed by atoms with van der Waals surface area (Å²) in [7, 11) is 0. The molecular weight excluding hydrogens is 244 g/mol. The predicted octanol–water partition coefficient (Wildman–Crippen LogP) is 3.85. The highest BCUT2D eigenvalue weighted by Gasteiger charge is 2.26. The minimum absolute atomic E-state index is 0.548. The zero-order valence-corrected chi connectivity index (χ0v) is 13.3. The van der Waals surface area contributed by atoms with Gasteiger partial charge in [-0.15, -0.1) is 0 Å². The summed E-state index contributed by atoms with van der Waals surface area (Å²) in [6, 6.07) is 12.1. The highest BCUT2D eigenvalue weighted by Crippen LogP contribution is 2.24. The van der Waals surface area contributed by atoms with E-state index in [0.717, 1.165) is 12.5 Å². The maximum absolute atomic E-state index is 3.63. The number of benzene rings is 1. The number of nitrogens with zero attached hydrogens (tertiary/aromatic N) is 1. The minimum atomic E-state index is 0.548. The van der Waals surface area contributed by atoms with E-state index in [2.05, 4.69) is 61.3 Å². The molecule has 1 saturated heterocycles. The molecule has 0 spiro atoms. The van der Waals surface area contributed by atoms with E-state index < -0.39 is 0 Å². The Kier molecular flexibility index (Phi) is 6.06. The molecule has 1 heterocycles. The van der Waals surface area contributed by atoms with Gasteiger partial charge in [-0.1, -0.05) is 57.0 Å². The van der Waals surface area contributed by atoms with Crippen LogP contribution in [0.5, 0.6) is 0 Å². The van der Waals surface area contributed by atoms with E-state index in [1.54, 1.807) is 0 Å². The fourth-order valence-electron chi connectivity index (χ4n) is 3.10. The number of hydrogen-bond acceptors (Lipinski definition) is 2. The molecule has 0 amide bonds. The van der Waals surface area contributed by atoms with E-state index in [-0.39, 0.29) is 0 Å². The van der Waals surface area contributed by atoms with Crippen LogP contribution in [0.1, 0.15) is 51.6 Å². The van der Waals surface area contributed by atoms with Crippen LogP contribution in [0.2, 0.25) is 0 Å². The lowest BCUT2D eigenvalue weighted by atomic mass is 10.00. The van der Waals surface area contributed by atoms with Gasteiger partial charge in [-0.2, -0.15) is 0 Å². The number of unbranched alkanes of at least 4 members (excludes halogenated alkanes) is 1. The van der Waals surface area contributed by atoms with E-state index in [1.165, 1.54) is 37.9 Å². The SMILES string of the molecule is CC(C)CCCCN1CC(C)NCC1c1ccccc1. The number of rotatable bonds is 6. The van der Waals surface area contributed by atoms with E-state index in [1.807, 2.05) is 0 Å². The fourth-order valence-corrected chi connectivity index (χ4v) is 3.10. The van der Waals surface area contributed by atoms with Crippen molar-refractivity contribution in [3.8, 4) is 0 Å². The van der Waals surface area contributed by atoms with Crippen LogP contribution >= 0.6 is 0 Å². The molecule has 0 saturated carbocycles. The molecule has 112 valence electrons. The first-order valence-electron chi connectivity index (χ1n) is 8.19. The van der Waals surface area contributed by atoms with Gasteiger partial charge in [0.1, 0.15) is 0 Å². The van der Waals surface area contributed by atoms with Crippen LogP contribution in [0.4, 0.5) is 0 Å². The molecule has 1 aliphatic heterocycles. The molecule has 1 aromatic rings. The zero-order valence-electron chi connectivity index (χ0n) is 13.3. The van der Waals surface area contributed by atoms with Crippen LogP contribution in [0, 0.1) is 5.92 Å². The van der Waals surface area contributed by atoms with E-state index in [9.17, 15) is 0 Å². The van der Waals surface area contributed by atoms with Crippen molar-refractivity contribution in [3.05, 3.63) is 35.9 Å². The Bertz CT molecular complexity index is 374. The number of nitrogens with one attached hydrogen (secondary N) is 1. The van der Waals surface area contributed by atoms with Gasteiger partial charge in [0.15, 0.2) is 0 Å². The molecule has 1 N–H and O–H groups in total. The predicted molar refractivity (Wildman–Crippen MR) is 86.9 cm³/mol. The Hall–Kier alpha value is -0.860. The van der Waals surface area contributed by atoms with E-state index in [4.69, 9.17) is 0 Å². The highest BCUT2D eigenvalue weighted by molar-refractivity contribution is 5.20. The third kappa shape index (κ3) is 4.60. The molecule has 2 atom stereocenters. The van der Waals surface area contributed by atoms with Crippen LogP contribution in [0.3, 0.4) is 0 Å². The molecule has 2 rings (SSSR count). The summed E-state index contributed by atoms with van der Waals surface area (Å²) >= 11 is 0. The molecule has 0 aromatic heterocycles. The maximum atomic E-state index is 3.63. The molecule has 1 fully saturated rings. The van der Waals surface area contributed by atoms with Gasteiger partial charge in [0.25, 0.3) is 0 Å². The Labute approximate surface area is 124 Å². The summed E-state index contributed by atoms with van der Waals surface area (Å²) < 4.78 is 0. The first-order chi connectivity index (χ1) is 9.66. The highest BCUT2D eigenvalue weighted by atomic mass is 15.2. The summed E-state index contributed by atoms with van der Waals surface area (Å²) in [5.41, 5.74) is 1.45. The monoisotopic (exact) mass is 274 g/mol. The van der Waals surface area contributed by atoms with Crippen LogP contribution in [-0.4, -0.2) is 30.6 Å². The third-order valence-corrected chi connectivity index (χ3v) is 4.27. The molecule has 0 radical (unpaired) electrons. The topological polar surface area (TPSA) is 15.3 Å². The minimum Gasteiger partial charge on any atom is -0.311 e. The van der Waals surface area contributed by atoms with Crippen molar-refractivity contribution in [2.24, 2.45) is 5.92 Å². The number of piperazine rings is 1. The number of hydrogen-bond donors (Lipinski definition) is 1. The Morgan fingerprint density at radius 3 is 2.65 bits per heavy atom. The van der Waals surface area contributed by atoms with Gasteiger partial charge in [0.2, 0.25) is 0 Å². The van der Waals surface area contributed by atoms with Gasteiger partial charge in [-0.3, -0.25) is 4.90 Å². The summed E-state index contributed by atoms with van der Waals surface area (Å²) in [5.74, 6) is 0.835. The van der Waals surface area contributed by atoms with Crippen LogP contribution in [0.15, 0.2) is 30.3 Å². The lowest BCUT2D eigenvalue weighted by molar-refractivity contribution is 0.132. The average molecular weight is 274 g/mol. The second kappa shape index (κ2) is 7.80.